The molecule has 0 radical (unpaired) electrons. The number of carbonyl (C=O) groups is 1. The van der Waals surface area contributed by atoms with Gasteiger partial charge in [-0.05, 0) is 60.8 Å². The predicted molar refractivity (Wildman–Crippen MR) is 134 cm³/mol. The van der Waals surface area contributed by atoms with Crippen LogP contribution in [0.1, 0.15) is 17.5 Å². The van der Waals surface area contributed by atoms with Crippen LogP contribution in [0.2, 0.25) is 0 Å². The molecular weight excluding hydrogens is 426 g/mol. The average molecular weight is 452 g/mol. The van der Waals surface area contributed by atoms with Crippen LogP contribution in [0.4, 0.5) is 11.4 Å². The Kier molecular flexibility index (Phi) is 5.11. The van der Waals surface area contributed by atoms with E-state index in [1.165, 1.54) is 11.1 Å². The number of amides is 1. The largest absolute Gasteiger partial charge is 0.374 e. The van der Waals surface area contributed by atoms with E-state index in [0.29, 0.717) is 11.9 Å². The number of benzene rings is 3. The minimum Gasteiger partial charge on any atom is -0.374 e. The van der Waals surface area contributed by atoms with E-state index in [4.69, 9.17) is 0 Å². The molecule has 7 heteroatoms. The fraction of sp³-hybridized carbons (Fsp3) is 0.222. The molecule has 1 unspecified atom stereocenters. The maximum absolute atomic E-state index is 13.2. The maximum atomic E-state index is 13.2. The number of aromatic amines is 1. The van der Waals surface area contributed by atoms with Crippen molar-refractivity contribution in [1.29, 1.82) is 0 Å². The molecule has 34 heavy (non-hydrogen) atoms. The molecule has 1 aromatic heterocycles. The Morgan fingerprint density at radius 1 is 0.941 bits per heavy atom. The normalized spacial score (nSPS) is 17.7. The fourth-order valence-corrected chi connectivity index (χ4v) is 4.97. The van der Waals surface area contributed by atoms with Crippen molar-refractivity contribution in [2.45, 2.75) is 25.4 Å². The summed E-state index contributed by atoms with van der Waals surface area (Å²) >= 11 is 0. The zero-order chi connectivity index (χ0) is 23.1. The van der Waals surface area contributed by atoms with Crippen molar-refractivity contribution in [2.24, 2.45) is 0 Å². The highest BCUT2D eigenvalue weighted by Gasteiger charge is 2.32. The van der Waals surface area contributed by atoms with Gasteiger partial charge in [0.05, 0.1) is 11.1 Å². The first-order valence-corrected chi connectivity index (χ1v) is 11.7. The second kappa shape index (κ2) is 8.43. The van der Waals surface area contributed by atoms with Crippen LogP contribution in [0.3, 0.4) is 0 Å². The van der Waals surface area contributed by atoms with E-state index in [9.17, 15) is 9.59 Å². The first-order valence-electron chi connectivity index (χ1n) is 11.7. The number of H-pyrrole nitrogens is 1. The SMILES string of the molecule is O=C1C(Nc2ccc3c(c2)CCNC3)CCN1c1ccc(-c2n[nH]c(=O)c3ccccc23)cc1. The van der Waals surface area contributed by atoms with E-state index in [1.54, 1.807) is 6.07 Å². The van der Waals surface area contributed by atoms with Crippen LogP contribution >= 0.6 is 0 Å². The molecule has 3 heterocycles. The quantitative estimate of drug-likeness (QED) is 0.442. The first kappa shape index (κ1) is 20.6. The van der Waals surface area contributed by atoms with E-state index < -0.39 is 0 Å². The predicted octanol–water partition coefficient (Wildman–Crippen LogP) is 3.45. The van der Waals surface area contributed by atoms with Crippen molar-refractivity contribution in [2.75, 3.05) is 23.3 Å². The Morgan fingerprint density at radius 3 is 2.62 bits per heavy atom. The number of rotatable bonds is 4. The molecule has 3 N–H and O–H groups in total. The fourth-order valence-electron chi connectivity index (χ4n) is 4.97. The van der Waals surface area contributed by atoms with E-state index >= 15 is 0 Å². The third-order valence-electron chi connectivity index (χ3n) is 6.79. The molecular formula is C27H25N5O2. The molecule has 1 saturated heterocycles. The highest BCUT2D eigenvalue weighted by atomic mass is 16.2. The minimum atomic E-state index is -0.232. The molecule has 0 bridgehead atoms. The summed E-state index contributed by atoms with van der Waals surface area (Å²) in [5.41, 5.74) is 5.96. The molecule has 0 spiro atoms. The van der Waals surface area contributed by atoms with Crippen molar-refractivity contribution in [1.82, 2.24) is 15.5 Å². The van der Waals surface area contributed by atoms with Gasteiger partial charge in [-0.1, -0.05) is 36.4 Å². The average Bonchev–Trinajstić information content (AvgIpc) is 3.24. The summed E-state index contributed by atoms with van der Waals surface area (Å²) in [5.74, 6) is 0.0831. The van der Waals surface area contributed by atoms with Gasteiger partial charge in [0.15, 0.2) is 0 Å². The van der Waals surface area contributed by atoms with E-state index in [-0.39, 0.29) is 17.5 Å². The third kappa shape index (κ3) is 3.64. The third-order valence-corrected chi connectivity index (χ3v) is 6.79. The summed E-state index contributed by atoms with van der Waals surface area (Å²) in [6, 6.07) is 21.4. The van der Waals surface area contributed by atoms with Gasteiger partial charge in [-0.25, -0.2) is 5.10 Å². The summed E-state index contributed by atoms with van der Waals surface area (Å²) in [4.78, 5) is 27.1. The summed E-state index contributed by atoms with van der Waals surface area (Å²) in [7, 11) is 0. The van der Waals surface area contributed by atoms with Gasteiger partial charge in [-0.2, -0.15) is 5.10 Å². The monoisotopic (exact) mass is 451 g/mol. The van der Waals surface area contributed by atoms with E-state index in [2.05, 4.69) is 39.0 Å². The van der Waals surface area contributed by atoms with Crippen molar-refractivity contribution >= 4 is 28.1 Å². The minimum absolute atomic E-state index is 0.0831. The van der Waals surface area contributed by atoms with Crippen molar-refractivity contribution in [3.05, 3.63) is 88.2 Å². The summed E-state index contributed by atoms with van der Waals surface area (Å²) in [6.07, 6.45) is 1.77. The van der Waals surface area contributed by atoms with Gasteiger partial charge in [0.1, 0.15) is 6.04 Å². The lowest BCUT2D eigenvalue weighted by atomic mass is 10.0. The molecule has 1 fully saturated rings. The number of anilines is 2. The zero-order valence-electron chi connectivity index (χ0n) is 18.7. The molecule has 0 aliphatic carbocycles. The van der Waals surface area contributed by atoms with Gasteiger partial charge in [-0.3, -0.25) is 9.59 Å². The number of hydrogen-bond acceptors (Lipinski definition) is 5. The van der Waals surface area contributed by atoms with Crippen LogP contribution in [-0.2, 0) is 17.8 Å². The van der Waals surface area contributed by atoms with E-state index in [0.717, 1.165) is 53.9 Å². The number of fused-ring (bicyclic) bond motifs is 2. The van der Waals surface area contributed by atoms with Gasteiger partial charge < -0.3 is 15.5 Å². The standard InChI is InChI=1S/C27H25N5O2/c33-26-23-4-2-1-3-22(23)25(30-31-26)17-6-9-21(10-7-17)32-14-12-24(27(32)34)29-20-8-5-19-16-28-13-11-18(19)15-20/h1-10,15,24,28-29H,11-14,16H2,(H,31,33). The summed E-state index contributed by atoms with van der Waals surface area (Å²) < 4.78 is 0. The molecule has 1 amide bonds. The van der Waals surface area contributed by atoms with Crippen LogP contribution in [0.5, 0.6) is 0 Å². The highest BCUT2D eigenvalue weighted by Crippen LogP contribution is 2.29. The van der Waals surface area contributed by atoms with Gasteiger partial charge >= 0.3 is 0 Å². The lowest BCUT2D eigenvalue weighted by Crippen LogP contribution is -2.33. The number of carbonyl (C=O) groups excluding carboxylic acids is 1. The molecule has 3 aromatic carbocycles. The van der Waals surface area contributed by atoms with Gasteiger partial charge in [0.2, 0.25) is 5.91 Å². The number of aromatic nitrogens is 2. The first-order chi connectivity index (χ1) is 16.7. The summed E-state index contributed by atoms with van der Waals surface area (Å²) in [5, 5.41) is 15.1. The van der Waals surface area contributed by atoms with Crippen molar-refractivity contribution in [3.8, 4) is 11.3 Å². The maximum Gasteiger partial charge on any atom is 0.272 e. The molecule has 0 saturated carbocycles. The molecule has 7 nitrogen and oxygen atoms in total. The molecule has 1 atom stereocenters. The van der Waals surface area contributed by atoms with E-state index in [1.807, 2.05) is 47.4 Å². The second-order valence-electron chi connectivity index (χ2n) is 8.88. The van der Waals surface area contributed by atoms with Crippen LogP contribution in [0.15, 0.2) is 71.5 Å². The smallest absolute Gasteiger partial charge is 0.272 e. The molecule has 2 aliphatic rings. The zero-order valence-corrected chi connectivity index (χ0v) is 18.7. The Labute approximate surface area is 196 Å². The Hall–Kier alpha value is -3.97. The molecule has 6 rings (SSSR count). The Balaban J connectivity index is 1.21. The Morgan fingerprint density at radius 2 is 1.76 bits per heavy atom. The van der Waals surface area contributed by atoms with Crippen LogP contribution in [0, 0.1) is 0 Å². The summed E-state index contributed by atoms with van der Waals surface area (Å²) in [6.45, 7) is 2.57. The molecule has 4 aromatic rings. The Bertz CT molecular complexity index is 1440. The van der Waals surface area contributed by atoms with Crippen LogP contribution < -0.4 is 21.1 Å². The van der Waals surface area contributed by atoms with Crippen LogP contribution in [0.25, 0.3) is 22.0 Å². The number of nitrogens with one attached hydrogen (secondary N) is 3. The van der Waals surface area contributed by atoms with Gasteiger partial charge in [0.25, 0.3) is 5.56 Å². The lowest BCUT2D eigenvalue weighted by Gasteiger charge is -2.20. The second-order valence-corrected chi connectivity index (χ2v) is 8.88. The van der Waals surface area contributed by atoms with Crippen molar-refractivity contribution in [3.63, 3.8) is 0 Å². The number of nitrogens with zero attached hydrogens (tertiary/aromatic N) is 2. The van der Waals surface area contributed by atoms with Crippen molar-refractivity contribution < 1.29 is 4.79 Å². The van der Waals surface area contributed by atoms with Gasteiger partial charge in [-0.15, -0.1) is 0 Å². The topological polar surface area (TPSA) is 90.1 Å². The van der Waals surface area contributed by atoms with Gasteiger partial charge in [0, 0.05) is 35.4 Å². The van der Waals surface area contributed by atoms with Crippen LogP contribution in [-0.4, -0.2) is 35.2 Å². The lowest BCUT2D eigenvalue weighted by molar-refractivity contribution is -0.117. The number of hydrogen-bond donors (Lipinski definition) is 3. The molecule has 2 aliphatic heterocycles. The highest BCUT2D eigenvalue weighted by molar-refractivity contribution is 6.01. The molecule has 170 valence electrons.